The predicted molar refractivity (Wildman–Crippen MR) is 134 cm³/mol. The molecule has 1 saturated heterocycles. The molecule has 2 aliphatic heterocycles. The molecule has 2 heterocycles. The van der Waals surface area contributed by atoms with Gasteiger partial charge in [-0.15, -0.1) is 0 Å². The number of nitrogens with zero attached hydrogens (tertiary/aromatic N) is 1. The zero-order valence-corrected chi connectivity index (χ0v) is 21.8. The minimum atomic E-state index is -0.565. The van der Waals surface area contributed by atoms with Crippen LogP contribution in [0.15, 0.2) is 24.3 Å². The summed E-state index contributed by atoms with van der Waals surface area (Å²) < 4.78 is 12.4. The summed E-state index contributed by atoms with van der Waals surface area (Å²) in [5, 5.41) is 0.621. The van der Waals surface area contributed by atoms with E-state index < -0.39 is 5.60 Å². The number of likely N-dealkylation sites (tertiary alicyclic amines) is 1. The highest BCUT2D eigenvalue weighted by Gasteiger charge is 2.44. The van der Waals surface area contributed by atoms with E-state index in [1.807, 2.05) is 36.9 Å². The van der Waals surface area contributed by atoms with Crippen molar-refractivity contribution in [2.45, 2.75) is 71.8 Å². The highest BCUT2D eigenvalue weighted by Crippen LogP contribution is 2.43. The van der Waals surface area contributed by atoms with Crippen molar-refractivity contribution in [1.82, 2.24) is 4.90 Å². The zero-order valence-electron chi connectivity index (χ0n) is 21.0. The molecular weight excluding hydrogens is 450 g/mol. The lowest BCUT2D eigenvalue weighted by molar-refractivity contribution is -0.137. The number of benzene rings is 2. The van der Waals surface area contributed by atoms with Crippen LogP contribution in [0.2, 0.25) is 5.02 Å². The Labute approximate surface area is 207 Å². The normalized spacial score (nSPS) is 17.4. The van der Waals surface area contributed by atoms with Crippen LogP contribution in [0.5, 0.6) is 11.5 Å². The largest absolute Gasteiger partial charge is 0.486 e. The number of Topliss-reactive ketones (excluding diaryl/α,β-unsaturated/α-hetero) is 1. The number of amides is 1. The van der Waals surface area contributed by atoms with E-state index in [4.69, 9.17) is 21.1 Å². The van der Waals surface area contributed by atoms with Crippen molar-refractivity contribution in [3.63, 3.8) is 0 Å². The lowest BCUT2D eigenvalue weighted by Crippen LogP contribution is -2.53. The second-order valence-corrected chi connectivity index (χ2v) is 11.2. The molecule has 0 N–H and O–H groups in total. The Hall–Kier alpha value is -2.53. The summed E-state index contributed by atoms with van der Waals surface area (Å²) in [5.74, 6) is 1.39. The highest BCUT2D eigenvalue weighted by molar-refractivity contribution is 6.32. The molecule has 0 atom stereocenters. The molecule has 1 spiro atoms. The van der Waals surface area contributed by atoms with Gasteiger partial charge in [-0.3, -0.25) is 9.59 Å². The molecule has 2 aliphatic rings. The Kier molecular flexibility index (Phi) is 6.45. The maximum Gasteiger partial charge on any atom is 0.260 e. The molecule has 1 fully saturated rings. The zero-order chi connectivity index (χ0) is 24.8. The van der Waals surface area contributed by atoms with Crippen LogP contribution < -0.4 is 9.47 Å². The van der Waals surface area contributed by atoms with Crippen LogP contribution in [-0.2, 0) is 10.2 Å². The number of hydrogen-bond acceptors (Lipinski definition) is 4. The summed E-state index contributed by atoms with van der Waals surface area (Å²) in [6.07, 6.45) is 1.54. The van der Waals surface area contributed by atoms with E-state index in [1.165, 1.54) is 5.56 Å². The van der Waals surface area contributed by atoms with Gasteiger partial charge in [0.25, 0.3) is 5.91 Å². The summed E-state index contributed by atoms with van der Waals surface area (Å²) in [7, 11) is 0. The van der Waals surface area contributed by atoms with E-state index in [0.717, 1.165) is 22.4 Å². The van der Waals surface area contributed by atoms with E-state index in [2.05, 4.69) is 33.8 Å². The Morgan fingerprint density at radius 2 is 1.82 bits per heavy atom. The van der Waals surface area contributed by atoms with Crippen molar-refractivity contribution >= 4 is 23.3 Å². The van der Waals surface area contributed by atoms with Crippen LogP contribution in [0.1, 0.15) is 72.6 Å². The standard InChI is InChI=1S/C28H34ClNO4/c1-17-7-8-22(20(13-17)27(4,5)6)33-16-24(32)30-11-9-28(10-12-30)15-21(31)25-19(3)26(29)18(2)14-23(25)34-28/h7-8,13-14H,9-12,15-16H2,1-6H3. The van der Waals surface area contributed by atoms with Gasteiger partial charge in [-0.25, -0.2) is 0 Å². The molecule has 5 nitrogen and oxygen atoms in total. The van der Waals surface area contributed by atoms with Crippen molar-refractivity contribution in [3.8, 4) is 11.5 Å². The molecule has 2 aromatic carbocycles. The fourth-order valence-electron chi connectivity index (χ4n) is 5.03. The molecule has 0 bridgehead atoms. The third-order valence-electron chi connectivity index (χ3n) is 7.05. The van der Waals surface area contributed by atoms with E-state index in [-0.39, 0.29) is 23.7 Å². The smallest absolute Gasteiger partial charge is 0.260 e. The van der Waals surface area contributed by atoms with Crippen LogP contribution in [0, 0.1) is 20.8 Å². The van der Waals surface area contributed by atoms with E-state index in [1.54, 1.807) is 0 Å². The summed E-state index contributed by atoms with van der Waals surface area (Å²) in [4.78, 5) is 27.8. The lowest BCUT2D eigenvalue weighted by atomic mass is 9.81. The van der Waals surface area contributed by atoms with Gasteiger partial charge in [0.1, 0.15) is 17.1 Å². The van der Waals surface area contributed by atoms with Gasteiger partial charge in [-0.2, -0.15) is 0 Å². The fraction of sp³-hybridized carbons (Fsp3) is 0.500. The van der Waals surface area contributed by atoms with Gasteiger partial charge in [0, 0.05) is 31.0 Å². The fourth-order valence-corrected chi connectivity index (χ4v) is 5.18. The number of ether oxygens (including phenoxy) is 2. The van der Waals surface area contributed by atoms with Gasteiger partial charge in [0.15, 0.2) is 12.4 Å². The summed E-state index contributed by atoms with van der Waals surface area (Å²) in [5.41, 5.74) is 3.90. The van der Waals surface area contributed by atoms with Crippen molar-refractivity contribution in [1.29, 1.82) is 0 Å². The minimum absolute atomic E-state index is 0.00134. The minimum Gasteiger partial charge on any atom is -0.486 e. The topological polar surface area (TPSA) is 55.8 Å². The van der Waals surface area contributed by atoms with Gasteiger partial charge in [-0.1, -0.05) is 50.1 Å². The number of hydrogen-bond donors (Lipinski definition) is 0. The molecule has 0 aliphatic carbocycles. The van der Waals surface area contributed by atoms with Gasteiger partial charge in [0.05, 0.1) is 12.0 Å². The highest BCUT2D eigenvalue weighted by atomic mass is 35.5. The molecule has 182 valence electrons. The molecule has 0 radical (unpaired) electrons. The Bertz CT molecular complexity index is 1140. The van der Waals surface area contributed by atoms with Crippen molar-refractivity contribution in [2.24, 2.45) is 0 Å². The van der Waals surface area contributed by atoms with E-state index in [9.17, 15) is 9.59 Å². The average molecular weight is 484 g/mol. The summed E-state index contributed by atoms with van der Waals surface area (Å²) in [6, 6.07) is 7.94. The molecule has 4 rings (SSSR count). The molecular formula is C28H34ClNO4. The van der Waals surface area contributed by atoms with Crippen LogP contribution >= 0.6 is 11.6 Å². The van der Waals surface area contributed by atoms with Gasteiger partial charge in [0.2, 0.25) is 0 Å². The van der Waals surface area contributed by atoms with Crippen molar-refractivity contribution in [3.05, 3.63) is 57.1 Å². The quantitative estimate of drug-likeness (QED) is 0.539. The first-order chi connectivity index (χ1) is 15.9. The second-order valence-electron chi connectivity index (χ2n) is 10.8. The molecule has 6 heteroatoms. The van der Waals surface area contributed by atoms with Crippen molar-refractivity contribution < 1.29 is 19.1 Å². The van der Waals surface area contributed by atoms with Crippen LogP contribution in [-0.4, -0.2) is 41.9 Å². The predicted octanol–water partition coefficient (Wildman–Crippen LogP) is 5.97. The molecule has 34 heavy (non-hydrogen) atoms. The van der Waals surface area contributed by atoms with E-state index in [0.29, 0.717) is 48.7 Å². The van der Waals surface area contributed by atoms with Crippen LogP contribution in [0.25, 0.3) is 0 Å². The average Bonchev–Trinajstić information content (AvgIpc) is 2.76. The third kappa shape index (κ3) is 4.68. The number of carbonyl (C=O) groups excluding carboxylic acids is 2. The second kappa shape index (κ2) is 8.92. The Balaban J connectivity index is 1.41. The molecule has 0 aromatic heterocycles. The summed E-state index contributed by atoms with van der Waals surface area (Å²) >= 11 is 6.36. The maximum absolute atomic E-state index is 13.0. The number of carbonyl (C=O) groups is 2. The first kappa shape index (κ1) is 24.6. The number of halogens is 1. The monoisotopic (exact) mass is 483 g/mol. The third-order valence-corrected chi connectivity index (χ3v) is 7.64. The molecule has 1 amide bonds. The van der Waals surface area contributed by atoms with Gasteiger partial charge < -0.3 is 14.4 Å². The number of rotatable bonds is 3. The van der Waals surface area contributed by atoms with Crippen LogP contribution in [0.4, 0.5) is 0 Å². The van der Waals surface area contributed by atoms with Crippen LogP contribution in [0.3, 0.4) is 0 Å². The summed E-state index contributed by atoms with van der Waals surface area (Å²) in [6.45, 7) is 13.3. The van der Waals surface area contributed by atoms with Gasteiger partial charge >= 0.3 is 0 Å². The van der Waals surface area contributed by atoms with E-state index >= 15 is 0 Å². The number of piperidine rings is 1. The first-order valence-corrected chi connectivity index (χ1v) is 12.3. The lowest BCUT2D eigenvalue weighted by Gasteiger charge is -2.44. The first-order valence-electron chi connectivity index (χ1n) is 11.9. The maximum atomic E-state index is 13.0. The Morgan fingerprint density at radius 3 is 2.47 bits per heavy atom. The molecule has 0 saturated carbocycles. The van der Waals surface area contributed by atoms with Gasteiger partial charge in [-0.05, 0) is 55.0 Å². The SMILES string of the molecule is Cc1ccc(OCC(=O)N2CCC3(CC2)CC(=O)c2c(cc(C)c(Cl)c2C)O3)c(C(C)(C)C)c1. The molecule has 2 aromatic rings. The van der Waals surface area contributed by atoms with Crippen molar-refractivity contribution in [2.75, 3.05) is 19.7 Å². The Morgan fingerprint density at radius 1 is 1.15 bits per heavy atom. The molecule has 0 unspecified atom stereocenters. The number of ketones is 1. The number of fused-ring (bicyclic) bond motifs is 1. The number of aryl methyl sites for hydroxylation is 2.